The van der Waals surface area contributed by atoms with Crippen molar-refractivity contribution < 1.29 is 8.42 Å². The van der Waals surface area contributed by atoms with Crippen LogP contribution in [0.4, 0.5) is 0 Å². The zero-order valence-corrected chi connectivity index (χ0v) is 15.8. The second-order valence-corrected chi connectivity index (χ2v) is 8.46. The van der Waals surface area contributed by atoms with E-state index in [1.165, 1.54) is 4.31 Å². The number of hydrogen-bond donors (Lipinski definition) is 0. The van der Waals surface area contributed by atoms with Crippen LogP contribution in [0.5, 0.6) is 0 Å². The van der Waals surface area contributed by atoms with Crippen molar-refractivity contribution in [2.45, 2.75) is 17.9 Å². The Kier molecular flexibility index (Phi) is 4.54. The lowest BCUT2D eigenvalue weighted by atomic mass is 10.1. The fourth-order valence-electron chi connectivity index (χ4n) is 3.21. The highest BCUT2D eigenvalue weighted by Crippen LogP contribution is 2.31. The van der Waals surface area contributed by atoms with Crippen LogP contribution in [0.1, 0.15) is 22.7 Å². The molecule has 1 atom stereocenters. The van der Waals surface area contributed by atoms with Gasteiger partial charge in [0.05, 0.1) is 17.5 Å². The molecule has 0 saturated carbocycles. The van der Waals surface area contributed by atoms with E-state index in [0.717, 1.165) is 16.7 Å². The average Bonchev–Trinajstić information content (AvgIpc) is 3.16. The smallest absolute Gasteiger partial charge is 0.257 e. The van der Waals surface area contributed by atoms with Gasteiger partial charge in [-0.3, -0.25) is 4.99 Å². The molecule has 1 unspecified atom stereocenters. The molecule has 1 heterocycles. The van der Waals surface area contributed by atoms with Crippen molar-refractivity contribution >= 4 is 15.9 Å². The number of sulfonamides is 1. The van der Waals surface area contributed by atoms with E-state index >= 15 is 0 Å². The zero-order valence-electron chi connectivity index (χ0n) is 15.0. The quantitative estimate of drug-likeness (QED) is 0.686. The van der Waals surface area contributed by atoms with E-state index in [0.29, 0.717) is 12.4 Å². The molecular weight excluding hydrogens is 356 g/mol. The van der Waals surface area contributed by atoms with E-state index in [1.54, 1.807) is 12.1 Å². The van der Waals surface area contributed by atoms with Gasteiger partial charge in [-0.25, -0.2) is 12.7 Å². The molecule has 4 rings (SSSR count). The topological polar surface area (TPSA) is 49.7 Å². The monoisotopic (exact) mass is 376 g/mol. The molecule has 136 valence electrons. The summed E-state index contributed by atoms with van der Waals surface area (Å²) in [5.74, 6) is 0.491. The zero-order chi connectivity index (χ0) is 18.9. The number of amidine groups is 1. The van der Waals surface area contributed by atoms with Gasteiger partial charge in [0.1, 0.15) is 5.84 Å². The summed E-state index contributed by atoms with van der Waals surface area (Å²) >= 11 is 0. The molecule has 3 aromatic rings. The van der Waals surface area contributed by atoms with E-state index < -0.39 is 10.0 Å². The van der Waals surface area contributed by atoms with Crippen molar-refractivity contribution in [2.24, 2.45) is 4.99 Å². The summed E-state index contributed by atoms with van der Waals surface area (Å²) in [4.78, 5) is 5.07. The number of aliphatic imine (C=N–C) groups is 1. The molecule has 0 spiro atoms. The molecule has 0 amide bonds. The first-order valence-electron chi connectivity index (χ1n) is 8.83. The van der Waals surface area contributed by atoms with Crippen LogP contribution in [-0.2, 0) is 10.0 Å². The van der Waals surface area contributed by atoms with Crippen LogP contribution < -0.4 is 0 Å². The summed E-state index contributed by atoms with van der Waals surface area (Å²) in [5.41, 5.74) is 2.83. The number of benzene rings is 3. The normalized spacial score (nSPS) is 17.0. The summed E-state index contributed by atoms with van der Waals surface area (Å²) in [5, 5.41) is 0. The van der Waals surface area contributed by atoms with E-state index in [9.17, 15) is 8.42 Å². The average molecular weight is 376 g/mol. The molecule has 3 aromatic carbocycles. The molecule has 0 aromatic heterocycles. The Hall–Kier alpha value is -2.92. The van der Waals surface area contributed by atoms with Crippen LogP contribution in [0.2, 0.25) is 0 Å². The highest BCUT2D eigenvalue weighted by atomic mass is 32.2. The van der Waals surface area contributed by atoms with Gasteiger partial charge >= 0.3 is 0 Å². The molecule has 5 heteroatoms. The fraction of sp³-hybridized carbons (Fsp3) is 0.136. The molecule has 27 heavy (non-hydrogen) atoms. The third-order valence-corrected chi connectivity index (χ3v) is 6.45. The Labute approximate surface area is 159 Å². The predicted octanol–water partition coefficient (Wildman–Crippen LogP) is 4.19. The van der Waals surface area contributed by atoms with Crippen LogP contribution in [0.3, 0.4) is 0 Å². The van der Waals surface area contributed by atoms with Gasteiger partial charge in [-0.05, 0) is 24.6 Å². The first kappa shape index (κ1) is 17.5. The van der Waals surface area contributed by atoms with Crippen LogP contribution >= 0.6 is 0 Å². The fourth-order valence-corrected chi connectivity index (χ4v) is 4.66. The minimum atomic E-state index is -3.69. The summed E-state index contributed by atoms with van der Waals surface area (Å²) in [7, 11) is -3.69. The largest absolute Gasteiger partial charge is 0.265 e. The highest BCUT2D eigenvalue weighted by molar-refractivity contribution is 7.89. The van der Waals surface area contributed by atoms with E-state index in [-0.39, 0.29) is 10.9 Å². The van der Waals surface area contributed by atoms with Gasteiger partial charge in [-0.15, -0.1) is 0 Å². The lowest BCUT2D eigenvalue weighted by Gasteiger charge is -2.21. The lowest BCUT2D eigenvalue weighted by Crippen LogP contribution is -2.35. The van der Waals surface area contributed by atoms with Crippen LogP contribution in [0, 0.1) is 6.92 Å². The summed E-state index contributed by atoms with van der Waals surface area (Å²) < 4.78 is 28.1. The Morgan fingerprint density at radius 1 is 0.852 bits per heavy atom. The molecule has 0 bridgehead atoms. The molecular formula is C22H20N2O2S. The van der Waals surface area contributed by atoms with Crippen molar-refractivity contribution in [1.82, 2.24) is 4.31 Å². The third-order valence-electron chi connectivity index (χ3n) is 4.68. The van der Waals surface area contributed by atoms with E-state index in [4.69, 9.17) is 4.99 Å². The Morgan fingerprint density at radius 2 is 1.44 bits per heavy atom. The maximum absolute atomic E-state index is 13.4. The van der Waals surface area contributed by atoms with Crippen LogP contribution in [0.15, 0.2) is 94.8 Å². The molecule has 0 fully saturated rings. The third kappa shape index (κ3) is 3.38. The van der Waals surface area contributed by atoms with E-state index in [2.05, 4.69) is 0 Å². The molecule has 4 nitrogen and oxygen atoms in total. The Bertz CT molecular complexity index is 1060. The van der Waals surface area contributed by atoms with Crippen molar-refractivity contribution in [2.75, 3.05) is 6.54 Å². The van der Waals surface area contributed by atoms with Crippen molar-refractivity contribution in [3.05, 3.63) is 102 Å². The second-order valence-electron chi connectivity index (χ2n) is 6.59. The SMILES string of the molecule is Cc1ccc(S(=O)(=O)N2CC(c3ccccc3)N=C2c2ccccc2)cc1. The first-order valence-corrected chi connectivity index (χ1v) is 10.3. The van der Waals surface area contributed by atoms with Gasteiger partial charge in [-0.1, -0.05) is 78.4 Å². The number of hydrogen-bond acceptors (Lipinski definition) is 3. The van der Waals surface area contributed by atoms with Crippen molar-refractivity contribution in [1.29, 1.82) is 0 Å². The number of nitrogens with zero attached hydrogens (tertiary/aromatic N) is 2. The lowest BCUT2D eigenvalue weighted by molar-refractivity contribution is 0.520. The minimum Gasteiger partial charge on any atom is -0.257 e. The van der Waals surface area contributed by atoms with Gasteiger partial charge in [0.2, 0.25) is 0 Å². The first-order chi connectivity index (χ1) is 13.1. The Morgan fingerprint density at radius 3 is 2.07 bits per heavy atom. The molecule has 0 saturated heterocycles. The van der Waals surface area contributed by atoms with Crippen LogP contribution in [0.25, 0.3) is 0 Å². The van der Waals surface area contributed by atoms with Crippen LogP contribution in [-0.4, -0.2) is 25.1 Å². The van der Waals surface area contributed by atoms with Crippen molar-refractivity contribution in [3.8, 4) is 0 Å². The number of rotatable bonds is 4. The minimum absolute atomic E-state index is 0.221. The number of aryl methyl sites for hydroxylation is 1. The van der Waals surface area contributed by atoms with Gasteiger partial charge in [0.15, 0.2) is 0 Å². The predicted molar refractivity (Wildman–Crippen MR) is 107 cm³/mol. The second kappa shape index (κ2) is 7.00. The summed E-state index contributed by atoms with van der Waals surface area (Å²) in [6.45, 7) is 2.24. The van der Waals surface area contributed by atoms with Gasteiger partial charge in [0.25, 0.3) is 10.0 Å². The Balaban J connectivity index is 1.79. The summed E-state index contributed by atoms with van der Waals surface area (Å²) in [6.07, 6.45) is 0. The van der Waals surface area contributed by atoms with Gasteiger partial charge < -0.3 is 0 Å². The van der Waals surface area contributed by atoms with Gasteiger partial charge in [-0.2, -0.15) is 0 Å². The van der Waals surface area contributed by atoms with E-state index in [1.807, 2.05) is 79.7 Å². The maximum Gasteiger partial charge on any atom is 0.265 e. The maximum atomic E-state index is 13.4. The van der Waals surface area contributed by atoms with Gasteiger partial charge in [0, 0.05) is 5.56 Å². The summed E-state index contributed by atoms with van der Waals surface area (Å²) in [6, 6.07) is 26.0. The van der Waals surface area contributed by atoms with Crippen molar-refractivity contribution in [3.63, 3.8) is 0 Å². The molecule has 0 N–H and O–H groups in total. The molecule has 1 aliphatic heterocycles. The molecule has 1 aliphatic rings. The molecule has 0 radical (unpaired) electrons. The highest BCUT2D eigenvalue weighted by Gasteiger charge is 2.36. The molecule has 0 aliphatic carbocycles. The standard InChI is InChI=1S/C22H20N2O2S/c1-17-12-14-20(15-13-17)27(25,26)24-16-21(18-8-4-2-5-9-18)23-22(24)19-10-6-3-7-11-19/h2-15,21H,16H2,1H3.